The summed E-state index contributed by atoms with van der Waals surface area (Å²) in [6.45, 7) is 5.01. The molecule has 5 nitrogen and oxygen atoms in total. The van der Waals surface area contributed by atoms with Crippen molar-refractivity contribution in [3.8, 4) is 0 Å². The minimum atomic E-state index is -0.221. The Morgan fingerprint density at radius 3 is 2.56 bits per heavy atom. The summed E-state index contributed by atoms with van der Waals surface area (Å²) in [5.74, 6) is -0.221. The molecule has 1 rings (SSSR count). The Balaban J connectivity index is 2.69. The lowest BCUT2D eigenvalue weighted by Crippen LogP contribution is -2.26. The average Bonchev–Trinajstić information content (AvgIpc) is 2.45. The number of methoxy groups -OCH3 is 1. The van der Waals surface area contributed by atoms with Crippen molar-refractivity contribution in [1.29, 1.82) is 0 Å². The van der Waals surface area contributed by atoms with Crippen molar-refractivity contribution in [2.24, 2.45) is 7.05 Å². The summed E-state index contributed by atoms with van der Waals surface area (Å²) in [5, 5.41) is 4.34. The van der Waals surface area contributed by atoms with Crippen LogP contribution in [0.4, 0.5) is 0 Å². The Kier molecular flexibility index (Phi) is 4.06. The van der Waals surface area contributed by atoms with Crippen molar-refractivity contribution >= 4 is 5.97 Å². The Labute approximate surface area is 96.0 Å². The van der Waals surface area contributed by atoms with E-state index < -0.39 is 0 Å². The maximum absolute atomic E-state index is 11.1. The second-order valence-electron chi connectivity index (χ2n) is 4.02. The lowest BCUT2D eigenvalue weighted by molar-refractivity contribution is -0.141. The van der Waals surface area contributed by atoms with Crippen LogP contribution < -0.4 is 0 Å². The quantitative estimate of drug-likeness (QED) is 0.706. The van der Waals surface area contributed by atoms with Gasteiger partial charge in [0.05, 0.1) is 19.3 Å². The lowest BCUT2D eigenvalue weighted by Gasteiger charge is -2.15. The maximum Gasteiger partial charge on any atom is 0.319 e. The summed E-state index contributed by atoms with van der Waals surface area (Å²) >= 11 is 0. The third kappa shape index (κ3) is 2.82. The average molecular weight is 225 g/mol. The number of aryl methyl sites for hydroxylation is 2. The minimum absolute atomic E-state index is 0.221. The van der Waals surface area contributed by atoms with E-state index in [4.69, 9.17) is 0 Å². The number of ether oxygens (including phenoxy) is 1. The van der Waals surface area contributed by atoms with Crippen LogP contribution in [0.5, 0.6) is 0 Å². The van der Waals surface area contributed by atoms with E-state index in [9.17, 15) is 4.79 Å². The summed E-state index contributed by atoms with van der Waals surface area (Å²) < 4.78 is 6.48. The number of esters is 1. The molecule has 0 unspecified atom stereocenters. The zero-order valence-electron chi connectivity index (χ0n) is 10.6. The van der Waals surface area contributed by atoms with E-state index in [1.54, 1.807) is 0 Å². The number of carbonyl (C=O) groups excluding carboxylic acids is 1. The van der Waals surface area contributed by atoms with Gasteiger partial charge in [0.2, 0.25) is 0 Å². The van der Waals surface area contributed by atoms with Crippen LogP contribution in [0.15, 0.2) is 0 Å². The highest BCUT2D eigenvalue weighted by Crippen LogP contribution is 2.13. The Hall–Kier alpha value is -1.36. The van der Waals surface area contributed by atoms with E-state index in [1.165, 1.54) is 12.7 Å². The molecule has 0 aromatic carbocycles. The van der Waals surface area contributed by atoms with E-state index in [1.807, 2.05) is 37.5 Å². The molecule has 0 fully saturated rings. The van der Waals surface area contributed by atoms with Crippen LogP contribution in [-0.2, 0) is 23.1 Å². The van der Waals surface area contributed by atoms with E-state index in [0.29, 0.717) is 13.1 Å². The van der Waals surface area contributed by atoms with Gasteiger partial charge in [0.15, 0.2) is 0 Å². The molecule has 0 atom stereocenters. The second kappa shape index (κ2) is 5.12. The van der Waals surface area contributed by atoms with Crippen LogP contribution in [0.25, 0.3) is 0 Å². The Morgan fingerprint density at radius 2 is 2.12 bits per heavy atom. The van der Waals surface area contributed by atoms with Crippen molar-refractivity contribution in [2.45, 2.75) is 20.4 Å². The zero-order chi connectivity index (χ0) is 12.3. The highest BCUT2D eigenvalue weighted by molar-refractivity contribution is 5.71. The van der Waals surface area contributed by atoms with Crippen LogP contribution >= 0.6 is 0 Å². The summed E-state index contributed by atoms with van der Waals surface area (Å²) in [7, 11) is 5.21. The standard InChI is InChI=1S/C11H19N3O2/c1-8-10(9(2)14(4)12-8)6-13(3)7-11(15)16-5/h6-7H2,1-5H3. The third-order valence-electron chi connectivity index (χ3n) is 2.71. The molecule has 0 N–H and O–H groups in total. The first kappa shape index (κ1) is 12.7. The molecule has 0 saturated heterocycles. The van der Waals surface area contributed by atoms with Gasteiger partial charge in [-0.2, -0.15) is 5.10 Å². The molecule has 1 heterocycles. The molecule has 0 bridgehead atoms. The molecule has 16 heavy (non-hydrogen) atoms. The number of likely N-dealkylation sites (N-methyl/N-ethyl adjacent to an activating group) is 1. The molecule has 90 valence electrons. The third-order valence-corrected chi connectivity index (χ3v) is 2.71. The van der Waals surface area contributed by atoms with Gasteiger partial charge in [-0.15, -0.1) is 0 Å². The van der Waals surface area contributed by atoms with Crippen molar-refractivity contribution in [1.82, 2.24) is 14.7 Å². The topological polar surface area (TPSA) is 47.4 Å². The van der Waals surface area contributed by atoms with Crippen LogP contribution in [0.3, 0.4) is 0 Å². The lowest BCUT2D eigenvalue weighted by atomic mass is 10.2. The van der Waals surface area contributed by atoms with Crippen LogP contribution in [-0.4, -0.2) is 41.4 Å². The molecule has 5 heteroatoms. The summed E-state index contributed by atoms with van der Waals surface area (Å²) in [6, 6.07) is 0. The zero-order valence-corrected chi connectivity index (χ0v) is 10.6. The van der Waals surface area contributed by atoms with Gasteiger partial charge in [-0.3, -0.25) is 14.4 Å². The Bertz CT molecular complexity index is 385. The summed E-state index contributed by atoms with van der Waals surface area (Å²) in [4.78, 5) is 13.0. The van der Waals surface area contributed by atoms with Crippen LogP contribution in [0, 0.1) is 13.8 Å². The van der Waals surface area contributed by atoms with E-state index in [0.717, 1.165) is 11.4 Å². The van der Waals surface area contributed by atoms with Crippen molar-refractivity contribution in [3.63, 3.8) is 0 Å². The van der Waals surface area contributed by atoms with Gasteiger partial charge in [0.1, 0.15) is 0 Å². The molecule has 0 amide bonds. The Morgan fingerprint density at radius 1 is 1.50 bits per heavy atom. The number of hydrogen-bond acceptors (Lipinski definition) is 4. The van der Waals surface area contributed by atoms with Crippen molar-refractivity contribution in [2.75, 3.05) is 20.7 Å². The van der Waals surface area contributed by atoms with Gasteiger partial charge in [0.25, 0.3) is 0 Å². The van der Waals surface area contributed by atoms with Crippen molar-refractivity contribution < 1.29 is 9.53 Å². The fourth-order valence-corrected chi connectivity index (χ4v) is 1.66. The molecule has 1 aromatic rings. The molecular formula is C11H19N3O2. The van der Waals surface area contributed by atoms with Crippen LogP contribution in [0.2, 0.25) is 0 Å². The molecule has 0 spiro atoms. The molecule has 0 radical (unpaired) electrons. The van der Waals surface area contributed by atoms with E-state index in [2.05, 4.69) is 9.84 Å². The smallest absolute Gasteiger partial charge is 0.319 e. The van der Waals surface area contributed by atoms with Crippen molar-refractivity contribution in [3.05, 3.63) is 17.0 Å². The van der Waals surface area contributed by atoms with E-state index in [-0.39, 0.29) is 5.97 Å². The fraction of sp³-hybridized carbons (Fsp3) is 0.636. The second-order valence-corrected chi connectivity index (χ2v) is 4.02. The monoisotopic (exact) mass is 225 g/mol. The van der Waals surface area contributed by atoms with Gasteiger partial charge < -0.3 is 4.74 Å². The number of hydrogen-bond donors (Lipinski definition) is 0. The first-order chi connectivity index (χ1) is 7.45. The van der Waals surface area contributed by atoms with E-state index >= 15 is 0 Å². The highest BCUT2D eigenvalue weighted by atomic mass is 16.5. The predicted octanol–water partition coefficient (Wildman–Crippen LogP) is 0.642. The molecule has 0 saturated carbocycles. The predicted molar refractivity (Wildman–Crippen MR) is 61.0 cm³/mol. The highest BCUT2D eigenvalue weighted by Gasteiger charge is 2.13. The number of nitrogens with zero attached hydrogens (tertiary/aromatic N) is 3. The summed E-state index contributed by atoms with van der Waals surface area (Å²) in [5.41, 5.74) is 3.32. The van der Waals surface area contributed by atoms with Gasteiger partial charge in [-0.25, -0.2) is 0 Å². The maximum atomic E-state index is 11.1. The summed E-state index contributed by atoms with van der Waals surface area (Å²) in [6.07, 6.45) is 0. The SMILES string of the molecule is COC(=O)CN(C)Cc1c(C)nn(C)c1C. The van der Waals surface area contributed by atoms with Gasteiger partial charge in [-0.1, -0.05) is 0 Å². The van der Waals surface area contributed by atoms with Gasteiger partial charge >= 0.3 is 5.97 Å². The number of aromatic nitrogens is 2. The molecule has 0 aliphatic carbocycles. The normalized spacial score (nSPS) is 10.9. The molecule has 1 aromatic heterocycles. The molecular weight excluding hydrogens is 206 g/mol. The molecule has 0 aliphatic rings. The number of rotatable bonds is 4. The first-order valence-electron chi connectivity index (χ1n) is 5.20. The van der Waals surface area contributed by atoms with Gasteiger partial charge in [0, 0.05) is 24.8 Å². The minimum Gasteiger partial charge on any atom is -0.468 e. The largest absolute Gasteiger partial charge is 0.468 e. The first-order valence-corrected chi connectivity index (χ1v) is 5.20. The fourth-order valence-electron chi connectivity index (χ4n) is 1.66. The van der Waals surface area contributed by atoms with Gasteiger partial charge in [-0.05, 0) is 20.9 Å². The van der Waals surface area contributed by atoms with Crippen LogP contribution in [0.1, 0.15) is 17.0 Å². The molecule has 0 aliphatic heterocycles. The number of carbonyl (C=O) groups is 1.